The number of hydrogen-bond donors (Lipinski definition) is 2. The van der Waals surface area contributed by atoms with Crippen molar-refractivity contribution in [2.24, 2.45) is 5.92 Å². The van der Waals surface area contributed by atoms with Crippen LogP contribution in [-0.4, -0.2) is 34.8 Å². The van der Waals surface area contributed by atoms with Crippen LogP contribution in [0.2, 0.25) is 0 Å². The summed E-state index contributed by atoms with van der Waals surface area (Å²) in [6, 6.07) is 12.2. The van der Waals surface area contributed by atoms with Crippen molar-refractivity contribution < 1.29 is 24.1 Å². The molecule has 0 aromatic heterocycles. The van der Waals surface area contributed by atoms with Gasteiger partial charge in [0.05, 0.1) is 12.2 Å². The number of aliphatic hydroxyl groups is 2. The molecule has 0 bridgehead atoms. The molecule has 0 saturated carbocycles. The monoisotopic (exact) mass is 402 g/mol. The predicted octanol–water partition coefficient (Wildman–Crippen LogP) is 4.71. The number of benzene rings is 2. The molecule has 1 fully saturated rings. The smallest absolute Gasteiger partial charge is 0.228 e. The van der Waals surface area contributed by atoms with Gasteiger partial charge in [-0.15, -0.1) is 0 Å². The first kappa shape index (κ1) is 21.8. The highest BCUT2D eigenvalue weighted by atomic mass is 19.1. The van der Waals surface area contributed by atoms with Gasteiger partial charge in [-0.2, -0.15) is 0 Å². The molecule has 0 unspecified atom stereocenters. The van der Waals surface area contributed by atoms with Crippen molar-refractivity contribution >= 4 is 0 Å². The Hall–Kier alpha value is -1.95. The molecule has 4 nitrogen and oxygen atoms in total. The van der Waals surface area contributed by atoms with Crippen LogP contribution < -0.4 is 4.74 Å². The Balaban J connectivity index is 1.88. The van der Waals surface area contributed by atoms with E-state index in [1.807, 2.05) is 31.2 Å². The Labute approximate surface area is 172 Å². The Kier molecular flexibility index (Phi) is 7.28. The second-order valence-electron chi connectivity index (χ2n) is 7.87. The maximum atomic E-state index is 13.8. The minimum absolute atomic E-state index is 0.167. The number of halogens is 1. The maximum absolute atomic E-state index is 13.8. The van der Waals surface area contributed by atoms with Gasteiger partial charge in [0.25, 0.3) is 0 Å². The van der Waals surface area contributed by atoms with E-state index in [9.17, 15) is 14.6 Å². The van der Waals surface area contributed by atoms with Crippen LogP contribution in [0.25, 0.3) is 11.1 Å². The summed E-state index contributed by atoms with van der Waals surface area (Å²) in [4.78, 5) is 0. The molecule has 0 spiro atoms. The molecule has 2 aromatic carbocycles. The van der Waals surface area contributed by atoms with Crippen molar-refractivity contribution in [1.82, 2.24) is 0 Å². The summed E-state index contributed by atoms with van der Waals surface area (Å²) >= 11 is 0. The fourth-order valence-electron chi connectivity index (χ4n) is 3.96. The quantitative estimate of drug-likeness (QED) is 0.704. The first-order chi connectivity index (χ1) is 13.9. The van der Waals surface area contributed by atoms with Gasteiger partial charge in [-0.1, -0.05) is 51.8 Å². The number of hydrogen-bond acceptors (Lipinski definition) is 4. The summed E-state index contributed by atoms with van der Waals surface area (Å²) < 4.78 is 25.7. The SMILES string of the molecule is CCCc1ccc(O[C@H]2O[C@H](CCC)[C@H](C)[C@@H](O)[C@H]2O)cc1-c1cccc(F)c1. The molecule has 0 amide bonds. The minimum Gasteiger partial charge on any atom is -0.462 e. The van der Waals surface area contributed by atoms with Crippen LogP contribution in [0.3, 0.4) is 0 Å². The van der Waals surface area contributed by atoms with Gasteiger partial charge in [0, 0.05) is 5.92 Å². The molecule has 1 aliphatic heterocycles. The van der Waals surface area contributed by atoms with Crippen LogP contribution in [0.15, 0.2) is 42.5 Å². The van der Waals surface area contributed by atoms with Crippen LogP contribution >= 0.6 is 0 Å². The van der Waals surface area contributed by atoms with Crippen molar-refractivity contribution in [2.45, 2.75) is 71.1 Å². The Bertz CT molecular complexity index is 809. The number of rotatable bonds is 7. The topological polar surface area (TPSA) is 58.9 Å². The zero-order valence-electron chi connectivity index (χ0n) is 17.3. The fourth-order valence-corrected chi connectivity index (χ4v) is 3.96. The summed E-state index contributed by atoms with van der Waals surface area (Å²) in [6.45, 7) is 6.04. The second-order valence-corrected chi connectivity index (χ2v) is 7.87. The fraction of sp³-hybridized carbons (Fsp3) is 0.500. The summed E-state index contributed by atoms with van der Waals surface area (Å²) in [5, 5.41) is 20.9. The summed E-state index contributed by atoms with van der Waals surface area (Å²) in [5.74, 6) is 0.0616. The van der Waals surface area contributed by atoms with E-state index in [4.69, 9.17) is 9.47 Å². The van der Waals surface area contributed by atoms with Gasteiger partial charge in [0.15, 0.2) is 0 Å². The highest BCUT2D eigenvalue weighted by Crippen LogP contribution is 2.33. The molecule has 3 rings (SSSR count). The number of ether oxygens (including phenoxy) is 2. The molecule has 0 radical (unpaired) electrons. The Morgan fingerprint density at radius 3 is 2.52 bits per heavy atom. The van der Waals surface area contributed by atoms with Crippen LogP contribution in [-0.2, 0) is 11.2 Å². The average molecular weight is 403 g/mol. The molecule has 1 heterocycles. The van der Waals surface area contributed by atoms with Gasteiger partial charge in [0.2, 0.25) is 6.29 Å². The van der Waals surface area contributed by atoms with Gasteiger partial charge in [-0.05, 0) is 53.8 Å². The van der Waals surface area contributed by atoms with Crippen LogP contribution in [0.1, 0.15) is 45.6 Å². The molecule has 0 aliphatic carbocycles. The van der Waals surface area contributed by atoms with Gasteiger partial charge in [0.1, 0.15) is 17.7 Å². The number of aryl methyl sites for hydroxylation is 1. The van der Waals surface area contributed by atoms with Crippen molar-refractivity contribution in [3.8, 4) is 16.9 Å². The van der Waals surface area contributed by atoms with E-state index in [0.29, 0.717) is 5.75 Å². The summed E-state index contributed by atoms with van der Waals surface area (Å²) in [5.41, 5.74) is 2.78. The molecule has 2 aromatic rings. The lowest BCUT2D eigenvalue weighted by Crippen LogP contribution is -2.55. The van der Waals surface area contributed by atoms with Gasteiger partial charge >= 0.3 is 0 Å². The highest BCUT2D eigenvalue weighted by Gasteiger charge is 2.43. The van der Waals surface area contributed by atoms with Crippen LogP contribution in [0.5, 0.6) is 5.75 Å². The normalized spacial score (nSPS) is 27.0. The first-order valence-corrected chi connectivity index (χ1v) is 10.5. The van der Waals surface area contributed by atoms with E-state index in [2.05, 4.69) is 13.8 Å². The third kappa shape index (κ3) is 4.97. The predicted molar refractivity (Wildman–Crippen MR) is 111 cm³/mol. The standard InChI is InChI=1S/C24H31FO4/c1-4-7-16-11-12-19(14-20(16)17-9-6-10-18(25)13-17)28-24-23(27)22(26)15(3)21(29-24)8-5-2/h6,9-15,21-24,26-27H,4-5,7-8H2,1-3H3/t15-,21+,22+,23+,24-/m0/s1. The van der Waals surface area contributed by atoms with E-state index in [1.54, 1.807) is 6.07 Å². The van der Waals surface area contributed by atoms with E-state index >= 15 is 0 Å². The lowest BCUT2D eigenvalue weighted by atomic mass is 9.88. The van der Waals surface area contributed by atoms with E-state index in [1.165, 1.54) is 12.1 Å². The van der Waals surface area contributed by atoms with Gasteiger partial charge in [-0.3, -0.25) is 0 Å². The van der Waals surface area contributed by atoms with Crippen LogP contribution in [0, 0.1) is 11.7 Å². The second kappa shape index (κ2) is 9.70. The lowest BCUT2D eigenvalue weighted by Gasteiger charge is -2.41. The van der Waals surface area contributed by atoms with Crippen molar-refractivity contribution in [3.05, 3.63) is 53.8 Å². The van der Waals surface area contributed by atoms with E-state index in [0.717, 1.165) is 42.4 Å². The molecule has 1 saturated heterocycles. The Morgan fingerprint density at radius 1 is 1.03 bits per heavy atom. The number of aliphatic hydroxyl groups excluding tert-OH is 2. The minimum atomic E-state index is -1.13. The molecular formula is C24H31FO4. The van der Waals surface area contributed by atoms with Crippen LogP contribution in [0.4, 0.5) is 4.39 Å². The van der Waals surface area contributed by atoms with Gasteiger partial charge in [-0.25, -0.2) is 4.39 Å². The first-order valence-electron chi connectivity index (χ1n) is 10.5. The lowest BCUT2D eigenvalue weighted by molar-refractivity contribution is -0.256. The highest BCUT2D eigenvalue weighted by molar-refractivity contribution is 5.69. The molecule has 5 atom stereocenters. The van der Waals surface area contributed by atoms with E-state index in [-0.39, 0.29) is 17.8 Å². The van der Waals surface area contributed by atoms with Crippen molar-refractivity contribution in [1.29, 1.82) is 0 Å². The summed E-state index contributed by atoms with van der Waals surface area (Å²) in [7, 11) is 0. The third-order valence-electron chi connectivity index (χ3n) is 5.62. The van der Waals surface area contributed by atoms with E-state index < -0.39 is 18.5 Å². The zero-order chi connectivity index (χ0) is 21.0. The Morgan fingerprint density at radius 2 is 1.83 bits per heavy atom. The van der Waals surface area contributed by atoms with Crippen molar-refractivity contribution in [3.63, 3.8) is 0 Å². The van der Waals surface area contributed by atoms with Gasteiger partial charge < -0.3 is 19.7 Å². The molecule has 29 heavy (non-hydrogen) atoms. The zero-order valence-corrected chi connectivity index (χ0v) is 17.3. The largest absolute Gasteiger partial charge is 0.462 e. The molecular weight excluding hydrogens is 371 g/mol. The molecule has 158 valence electrons. The van der Waals surface area contributed by atoms with Crippen molar-refractivity contribution in [2.75, 3.05) is 0 Å². The maximum Gasteiger partial charge on any atom is 0.228 e. The molecule has 1 aliphatic rings. The average Bonchev–Trinajstić information content (AvgIpc) is 2.71. The third-order valence-corrected chi connectivity index (χ3v) is 5.62. The molecule has 5 heteroatoms. The summed E-state index contributed by atoms with van der Waals surface area (Å²) in [6.07, 6.45) is 0.368. The molecule has 2 N–H and O–H groups in total.